The highest BCUT2D eigenvalue weighted by Crippen LogP contribution is 2.26. The van der Waals surface area contributed by atoms with Gasteiger partial charge in [-0.15, -0.1) is 0 Å². The third-order valence-electron chi connectivity index (χ3n) is 3.66. The van der Waals surface area contributed by atoms with Crippen LogP contribution in [0.3, 0.4) is 0 Å². The van der Waals surface area contributed by atoms with E-state index in [1.807, 2.05) is 13.8 Å². The van der Waals surface area contributed by atoms with Crippen LogP contribution in [-0.2, 0) is 10.0 Å². The summed E-state index contributed by atoms with van der Waals surface area (Å²) in [5.74, 6) is 0.692. The first-order valence-electron chi connectivity index (χ1n) is 6.97. The van der Waals surface area contributed by atoms with Gasteiger partial charge in [-0.2, -0.15) is 4.31 Å². The summed E-state index contributed by atoms with van der Waals surface area (Å²) in [6.45, 7) is 4.99. The van der Waals surface area contributed by atoms with E-state index in [2.05, 4.69) is 0 Å². The molecule has 1 aromatic carbocycles. The van der Waals surface area contributed by atoms with Crippen LogP contribution >= 0.6 is 0 Å². The zero-order valence-corrected chi connectivity index (χ0v) is 12.8. The highest BCUT2D eigenvalue weighted by Gasteiger charge is 2.37. The van der Waals surface area contributed by atoms with E-state index in [4.69, 9.17) is 10.5 Å². The number of nitrogens with zero attached hydrogens (tertiary/aromatic N) is 1. The zero-order chi connectivity index (χ0) is 14.8. The first-order chi connectivity index (χ1) is 9.46. The van der Waals surface area contributed by atoms with Crippen molar-refractivity contribution in [2.75, 3.05) is 13.2 Å². The van der Waals surface area contributed by atoms with E-state index < -0.39 is 10.0 Å². The highest BCUT2D eigenvalue weighted by atomic mass is 32.2. The van der Waals surface area contributed by atoms with E-state index in [0.717, 1.165) is 6.42 Å². The molecule has 2 unspecified atom stereocenters. The fourth-order valence-electron chi connectivity index (χ4n) is 2.34. The molecule has 0 aliphatic carbocycles. The molecule has 0 amide bonds. The average molecular weight is 298 g/mol. The Morgan fingerprint density at radius 3 is 2.50 bits per heavy atom. The van der Waals surface area contributed by atoms with E-state index in [-0.39, 0.29) is 12.1 Å². The normalized spacial score (nSPS) is 23.9. The van der Waals surface area contributed by atoms with Crippen molar-refractivity contribution >= 4 is 10.0 Å². The predicted molar refractivity (Wildman–Crippen MR) is 78.2 cm³/mol. The second-order valence-corrected chi connectivity index (χ2v) is 7.02. The van der Waals surface area contributed by atoms with Crippen molar-refractivity contribution in [2.45, 2.75) is 43.7 Å². The fraction of sp³-hybridized carbons (Fsp3) is 0.571. The Labute approximate surface area is 120 Å². The molecule has 0 spiro atoms. The minimum absolute atomic E-state index is 0.0862. The summed E-state index contributed by atoms with van der Waals surface area (Å²) in [4.78, 5) is 0.294. The standard InChI is InChI=1S/C14H22N2O3S/c1-3-10-19-12-4-6-13(7-5-12)20(17,18)16-9-8-14(15)11(16)2/h4-7,11,14H,3,8-10,15H2,1-2H3. The second-order valence-electron chi connectivity index (χ2n) is 5.13. The van der Waals surface area contributed by atoms with Crippen LogP contribution in [0.25, 0.3) is 0 Å². The zero-order valence-electron chi connectivity index (χ0n) is 12.0. The molecule has 1 saturated heterocycles. The van der Waals surface area contributed by atoms with Gasteiger partial charge in [0.05, 0.1) is 11.5 Å². The number of ether oxygens (including phenoxy) is 1. The molecule has 6 heteroatoms. The van der Waals surface area contributed by atoms with Gasteiger partial charge in [0.1, 0.15) is 5.75 Å². The molecule has 5 nitrogen and oxygen atoms in total. The monoisotopic (exact) mass is 298 g/mol. The molecule has 0 aromatic heterocycles. The summed E-state index contributed by atoms with van der Waals surface area (Å²) >= 11 is 0. The number of hydrogen-bond acceptors (Lipinski definition) is 4. The van der Waals surface area contributed by atoms with Crippen LogP contribution in [0.4, 0.5) is 0 Å². The van der Waals surface area contributed by atoms with Crippen LogP contribution in [0.15, 0.2) is 29.2 Å². The second kappa shape index (κ2) is 6.11. The first kappa shape index (κ1) is 15.3. The van der Waals surface area contributed by atoms with Gasteiger partial charge in [0.25, 0.3) is 0 Å². The maximum Gasteiger partial charge on any atom is 0.243 e. The molecule has 1 aromatic rings. The Morgan fingerprint density at radius 2 is 2.00 bits per heavy atom. The lowest BCUT2D eigenvalue weighted by molar-refractivity contribution is 0.317. The number of sulfonamides is 1. The summed E-state index contributed by atoms with van der Waals surface area (Å²) in [6.07, 6.45) is 1.63. The van der Waals surface area contributed by atoms with Crippen molar-refractivity contribution < 1.29 is 13.2 Å². The highest BCUT2D eigenvalue weighted by molar-refractivity contribution is 7.89. The first-order valence-corrected chi connectivity index (χ1v) is 8.41. The lowest BCUT2D eigenvalue weighted by atomic mass is 10.2. The number of benzene rings is 1. The Hall–Kier alpha value is -1.11. The van der Waals surface area contributed by atoms with Crippen LogP contribution in [-0.4, -0.2) is 38.0 Å². The SMILES string of the molecule is CCCOc1ccc(S(=O)(=O)N2CCC(N)C2C)cc1. The van der Waals surface area contributed by atoms with Crippen molar-refractivity contribution in [3.8, 4) is 5.75 Å². The van der Waals surface area contributed by atoms with Gasteiger partial charge in [0.15, 0.2) is 0 Å². The van der Waals surface area contributed by atoms with Crippen LogP contribution in [0.1, 0.15) is 26.7 Å². The molecule has 0 saturated carbocycles. The van der Waals surface area contributed by atoms with E-state index in [9.17, 15) is 8.42 Å². The molecule has 2 rings (SSSR count). The lowest BCUT2D eigenvalue weighted by Gasteiger charge is -2.22. The predicted octanol–water partition coefficient (Wildman–Crippen LogP) is 1.59. The summed E-state index contributed by atoms with van der Waals surface area (Å²) in [6, 6.07) is 6.34. The summed E-state index contributed by atoms with van der Waals surface area (Å²) in [5, 5.41) is 0. The molecule has 0 bridgehead atoms. The van der Waals surface area contributed by atoms with Gasteiger partial charge in [-0.3, -0.25) is 0 Å². The summed E-state index contributed by atoms with van der Waals surface area (Å²) < 4.78 is 32.0. The Bertz CT molecular complexity index is 542. The molecule has 1 aliphatic rings. The Morgan fingerprint density at radius 1 is 1.35 bits per heavy atom. The largest absolute Gasteiger partial charge is 0.494 e. The third-order valence-corrected chi connectivity index (χ3v) is 5.66. The molecule has 2 N–H and O–H groups in total. The molecular formula is C14H22N2O3S. The number of hydrogen-bond donors (Lipinski definition) is 1. The van der Waals surface area contributed by atoms with E-state index in [0.29, 0.717) is 30.2 Å². The van der Waals surface area contributed by atoms with Gasteiger partial charge in [0, 0.05) is 18.6 Å². The molecular weight excluding hydrogens is 276 g/mol. The fourth-order valence-corrected chi connectivity index (χ4v) is 4.03. The molecule has 112 valence electrons. The van der Waals surface area contributed by atoms with E-state index in [1.54, 1.807) is 24.3 Å². The molecule has 1 aliphatic heterocycles. The Balaban J connectivity index is 2.18. The van der Waals surface area contributed by atoms with Gasteiger partial charge in [-0.05, 0) is 44.0 Å². The summed E-state index contributed by atoms with van der Waals surface area (Å²) in [5.41, 5.74) is 5.90. The van der Waals surface area contributed by atoms with Gasteiger partial charge >= 0.3 is 0 Å². The Kier molecular flexibility index (Phi) is 4.67. The lowest BCUT2D eigenvalue weighted by Crippen LogP contribution is -2.40. The molecule has 2 atom stereocenters. The maximum atomic E-state index is 12.5. The van der Waals surface area contributed by atoms with Crippen molar-refractivity contribution in [3.05, 3.63) is 24.3 Å². The summed E-state index contributed by atoms with van der Waals surface area (Å²) in [7, 11) is -3.46. The van der Waals surface area contributed by atoms with E-state index >= 15 is 0 Å². The van der Waals surface area contributed by atoms with Crippen LogP contribution < -0.4 is 10.5 Å². The van der Waals surface area contributed by atoms with Crippen molar-refractivity contribution in [3.63, 3.8) is 0 Å². The van der Waals surface area contributed by atoms with Crippen molar-refractivity contribution in [2.24, 2.45) is 5.73 Å². The van der Waals surface area contributed by atoms with Gasteiger partial charge in [-0.25, -0.2) is 8.42 Å². The van der Waals surface area contributed by atoms with Crippen molar-refractivity contribution in [1.82, 2.24) is 4.31 Å². The van der Waals surface area contributed by atoms with E-state index in [1.165, 1.54) is 4.31 Å². The maximum absolute atomic E-state index is 12.5. The third kappa shape index (κ3) is 2.97. The number of rotatable bonds is 5. The van der Waals surface area contributed by atoms with Crippen LogP contribution in [0.2, 0.25) is 0 Å². The average Bonchev–Trinajstić information content (AvgIpc) is 2.78. The van der Waals surface area contributed by atoms with Crippen molar-refractivity contribution in [1.29, 1.82) is 0 Å². The molecule has 1 heterocycles. The smallest absolute Gasteiger partial charge is 0.243 e. The van der Waals surface area contributed by atoms with Gasteiger partial charge in [0.2, 0.25) is 10.0 Å². The molecule has 20 heavy (non-hydrogen) atoms. The molecule has 0 radical (unpaired) electrons. The number of nitrogens with two attached hydrogens (primary N) is 1. The molecule has 1 fully saturated rings. The quantitative estimate of drug-likeness (QED) is 0.896. The van der Waals surface area contributed by atoms with Gasteiger partial charge in [-0.1, -0.05) is 6.92 Å². The van der Waals surface area contributed by atoms with Gasteiger partial charge < -0.3 is 10.5 Å². The van der Waals surface area contributed by atoms with Crippen LogP contribution in [0, 0.1) is 0 Å². The van der Waals surface area contributed by atoms with Crippen LogP contribution in [0.5, 0.6) is 5.75 Å². The topological polar surface area (TPSA) is 72.6 Å². The minimum atomic E-state index is -3.46. The minimum Gasteiger partial charge on any atom is -0.494 e.